The molecule has 1 saturated heterocycles. The van der Waals surface area contributed by atoms with Gasteiger partial charge < -0.3 is 28.8 Å². The molecule has 5 atom stereocenters. The Labute approximate surface area is 108 Å². The third-order valence-corrected chi connectivity index (χ3v) is 2.78. The van der Waals surface area contributed by atoms with E-state index in [4.69, 9.17) is 23.7 Å². The van der Waals surface area contributed by atoms with Crippen LogP contribution >= 0.6 is 0 Å². The van der Waals surface area contributed by atoms with Gasteiger partial charge in [-0.05, 0) is 20.8 Å². The van der Waals surface area contributed by atoms with Gasteiger partial charge in [0.1, 0.15) is 18.3 Å². The maximum Gasteiger partial charge on any atom is 0.189 e. The number of methoxy groups -OCH3 is 1. The Morgan fingerprint density at radius 1 is 0.889 bits per heavy atom. The molecule has 108 valence electrons. The van der Waals surface area contributed by atoms with Crippen molar-refractivity contribution in [2.24, 2.45) is 0 Å². The van der Waals surface area contributed by atoms with E-state index in [1.165, 1.54) is 7.11 Å². The average molecular weight is 264 g/mol. The molecule has 0 aromatic heterocycles. The van der Waals surface area contributed by atoms with E-state index in [0.717, 1.165) is 0 Å². The van der Waals surface area contributed by atoms with Gasteiger partial charge in [0.25, 0.3) is 0 Å². The summed E-state index contributed by atoms with van der Waals surface area (Å²) in [6.07, 6.45) is -3.14. The first kappa shape index (κ1) is 15.8. The molecule has 1 aliphatic rings. The van der Waals surface area contributed by atoms with Crippen molar-refractivity contribution in [1.29, 1.82) is 0 Å². The molecular formula is C12H24O6. The summed E-state index contributed by atoms with van der Waals surface area (Å²) in [6.45, 7) is 7.10. The Morgan fingerprint density at radius 3 is 1.89 bits per heavy atom. The van der Waals surface area contributed by atoms with Crippen LogP contribution in [0.2, 0.25) is 0 Å². The van der Waals surface area contributed by atoms with Crippen LogP contribution in [0.5, 0.6) is 0 Å². The van der Waals surface area contributed by atoms with E-state index < -0.39 is 30.9 Å². The van der Waals surface area contributed by atoms with Crippen molar-refractivity contribution >= 4 is 0 Å². The minimum atomic E-state index is -1.08. The second kappa shape index (κ2) is 8.04. The van der Waals surface area contributed by atoms with E-state index >= 15 is 0 Å². The van der Waals surface area contributed by atoms with Crippen LogP contribution in [0.3, 0.4) is 0 Å². The number of hydrogen-bond donors (Lipinski definition) is 1. The zero-order valence-corrected chi connectivity index (χ0v) is 11.5. The van der Waals surface area contributed by atoms with Crippen LogP contribution in [0.4, 0.5) is 0 Å². The highest BCUT2D eigenvalue weighted by molar-refractivity contribution is 4.88. The normalized spacial score (nSPS) is 36.8. The minimum absolute atomic E-state index is 0.413. The summed E-state index contributed by atoms with van der Waals surface area (Å²) in [7, 11) is 1.51. The molecule has 6 heteroatoms. The van der Waals surface area contributed by atoms with Crippen LogP contribution in [0, 0.1) is 0 Å². The first-order valence-corrected chi connectivity index (χ1v) is 6.40. The molecule has 0 aliphatic carbocycles. The third kappa shape index (κ3) is 3.63. The molecule has 0 saturated carbocycles. The van der Waals surface area contributed by atoms with Crippen molar-refractivity contribution < 1.29 is 28.8 Å². The van der Waals surface area contributed by atoms with Crippen LogP contribution in [-0.2, 0) is 23.7 Å². The van der Waals surface area contributed by atoms with E-state index in [0.29, 0.717) is 19.8 Å². The fourth-order valence-corrected chi connectivity index (χ4v) is 2.10. The summed E-state index contributed by atoms with van der Waals surface area (Å²) < 4.78 is 27.3. The maximum atomic E-state index is 9.92. The number of ether oxygens (including phenoxy) is 5. The molecule has 0 amide bonds. The smallest absolute Gasteiger partial charge is 0.189 e. The van der Waals surface area contributed by atoms with E-state index in [1.807, 2.05) is 20.8 Å². The lowest BCUT2D eigenvalue weighted by molar-refractivity contribution is -0.351. The van der Waals surface area contributed by atoms with Crippen LogP contribution < -0.4 is 0 Å². The van der Waals surface area contributed by atoms with Gasteiger partial charge in [0.15, 0.2) is 12.6 Å². The second-order valence-corrected chi connectivity index (χ2v) is 3.89. The summed E-state index contributed by atoms with van der Waals surface area (Å²) in [4.78, 5) is 0. The number of rotatable bonds is 7. The molecule has 18 heavy (non-hydrogen) atoms. The fraction of sp³-hybridized carbons (Fsp3) is 1.00. The van der Waals surface area contributed by atoms with Gasteiger partial charge in [0.05, 0.1) is 0 Å². The zero-order chi connectivity index (χ0) is 13.5. The largest absolute Gasteiger partial charge is 0.373 e. The summed E-state index contributed by atoms with van der Waals surface area (Å²) in [6, 6.07) is 0. The Bertz CT molecular complexity index is 225. The first-order valence-electron chi connectivity index (χ1n) is 6.40. The average Bonchev–Trinajstić information content (AvgIpc) is 2.36. The van der Waals surface area contributed by atoms with Gasteiger partial charge >= 0.3 is 0 Å². The summed E-state index contributed by atoms with van der Waals surface area (Å²) in [5.74, 6) is 0. The van der Waals surface area contributed by atoms with Crippen molar-refractivity contribution in [2.45, 2.75) is 51.7 Å². The summed E-state index contributed by atoms with van der Waals surface area (Å²) in [5, 5.41) is 9.92. The lowest BCUT2D eigenvalue weighted by atomic mass is 10.0. The summed E-state index contributed by atoms with van der Waals surface area (Å²) >= 11 is 0. The monoisotopic (exact) mass is 264 g/mol. The molecule has 0 bridgehead atoms. The molecule has 1 rings (SSSR count). The third-order valence-electron chi connectivity index (χ3n) is 2.78. The quantitative estimate of drug-likeness (QED) is 0.723. The molecule has 1 fully saturated rings. The van der Waals surface area contributed by atoms with Crippen LogP contribution in [0.15, 0.2) is 0 Å². The van der Waals surface area contributed by atoms with Gasteiger partial charge in [-0.2, -0.15) is 0 Å². The van der Waals surface area contributed by atoms with Crippen LogP contribution in [0.1, 0.15) is 20.8 Å². The van der Waals surface area contributed by atoms with E-state index in [9.17, 15) is 5.11 Å². The van der Waals surface area contributed by atoms with Gasteiger partial charge in [-0.3, -0.25) is 0 Å². The molecule has 6 nitrogen and oxygen atoms in total. The van der Waals surface area contributed by atoms with E-state index in [-0.39, 0.29) is 0 Å². The van der Waals surface area contributed by atoms with Crippen LogP contribution in [-0.4, -0.2) is 62.9 Å². The predicted octanol–water partition coefficient (Wildman–Crippen LogP) is 0.523. The van der Waals surface area contributed by atoms with Gasteiger partial charge in [0, 0.05) is 26.9 Å². The van der Waals surface area contributed by atoms with Crippen molar-refractivity contribution in [1.82, 2.24) is 0 Å². The van der Waals surface area contributed by atoms with Crippen molar-refractivity contribution in [3.63, 3.8) is 0 Å². The molecule has 5 unspecified atom stereocenters. The SMILES string of the molecule is CCOC1C(O)OC(OC)C(OCC)C1OCC. The Kier molecular flexibility index (Phi) is 7.06. The molecule has 1 aliphatic heterocycles. The molecule has 1 heterocycles. The highest BCUT2D eigenvalue weighted by atomic mass is 16.8. The van der Waals surface area contributed by atoms with Crippen LogP contribution in [0.25, 0.3) is 0 Å². The zero-order valence-electron chi connectivity index (χ0n) is 11.5. The van der Waals surface area contributed by atoms with Crippen molar-refractivity contribution in [3.05, 3.63) is 0 Å². The highest BCUT2D eigenvalue weighted by Crippen LogP contribution is 2.27. The Hall–Kier alpha value is -0.240. The van der Waals surface area contributed by atoms with E-state index in [1.54, 1.807) is 0 Å². The van der Waals surface area contributed by atoms with Crippen molar-refractivity contribution in [3.8, 4) is 0 Å². The number of hydrogen-bond acceptors (Lipinski definition) is 6. The molecule has 0 spiro atoms. The second-order valence-electron chi connectivity index (χ2n) is 3.89. The van der Waals surface area contributed by atoms with E-state index in [2.05, 4.69) is 0 Å². The Morgan fingerprint density at radius 2 is 1.39 bits per heavy atom. The highest BCUT2D eigenvalue weighted by Gasteiger charge is 2.47. The topological polar surface area (TPSA) is 66.4 Å². The van der Waals surface area contributed by atoms with Gasteiger partial charge in [-0.1, -0.05) is 0 Å². The molecular weight excluding hydrogens is 240 g/mol. The standard InChI is InChI=1S/C12H24O6/c1-5-15-8-9(16-6-2)11(13)18-12(14-4)10(8)17-7-3/h8-13H,5-7H2,1-4H3. The minimum Gasteiger partial charge on any atom is -0.373 e. The van der Waals surface area contributed by atoms with Gasteiger partial charge in [-0.25, -0.2) is 0 Å². The number of aliphatic hydroxyl groups is 1. The van der Waals surface area contributed by atoms with Gasteiger partial charge in [0.2, 0.25) is 0 Å². The van der Waals surface area contributed by atoms with Crippen molar-refractivity contribution in [2.75, 3.05) is 26.9 Å². The molecule has 0 aromatic carbocycles. The Balaban J connectivity index is 2.84. The number of aliphatic hydroxyl groups excluding tert-OH is 1. The van der Waals surface area contributed by atoms with Gasteiger partial charge in [-0.15, -0.1) is 0 Å². The maximum absolute atomic E-state index is 9.92. The predicted molar refractivity (Wildman–Crippen MR) is 64.1 cm³/mol. The lowest BCUT2D eigenvalue weighted by Crippen LogP contribution is -2.60. The molecule has 0 radical (unpaired) electrons. The summed E-state index contributed by atoms with van der Waals surface area (Å²) in [5.41, 5.74) is 0. The molecule has 1 N–H and O–H groups in total. The first-order chi connectivity index (χ1) is 8.69. The fourth-order valence-electron chi connectivity index (χ4n) is 2.10. The lowest BCUT2D eigenvalue weighted by Gasteiger charge is -2.43. The molecule has 0 aromatic rings.